The number of carbonyl (C=O) groups excluding carboxylic acids is 2. The summed E-state index contributed by atoms with van der Waals surface area (Å²) in [6.07, 6.45) is 2.55. The SMILES string of the molecule is CCCCOC(=O)C1=C(C)NC2=C(C(=O)C[C@H](c3ccc(OC)c(OC)c3)C2)[C@@H]1c1cc(OC)ccc1OC. The van der Waals surface area contributed by atoms with E-state index in [1.165, 1.54) is 0 Å². The number of hydrogen-bond donors (Lipinski definition) is 1. The summed E-state index contributed by atoms with van der Waals surface area (Å²) in [5.41, 5.74) is 4.09. The van der Waals surface area contributed by atoms with Crippen LogP contribution in [0.4, 0.5) is 0 Å². The Bertz CT molecular complexity index is 1310. The highest BCUT2D eigenvalue weighted by molar-refractivity contribution is 6.04. The van der Waals surface area contributed by atoms with Gasteiger partial charge in [0, 0.05) is 29.0 Å². The van der Waals surface area contributed by atoms with E-state index in [-0.39, 0.29) is 18.1 Å². The fourth-order valence-corrected chi connectivity index (χ4v) is 5.42. The summed E-state index contributed by atoms with van der Waals surface area (Å²) in [6, 6.07) is 11.2. The molecule has 39 heavy (non-hydrogen) atoms. The molecule has 0 bridgehead atoms. The first kappa shape index (κ1) is 28.1. The number of esters is 1. The molecular weight excluding hydrogens is 498 g/mol. The fraction of sp³-hybridized carbons (Fsp3) is 0.419. The molecule has 2 aromatic rings. The summed E-state index contributed by atoms with van der Waals surface area (Å²) < 4.78 is 27.7. The van der Waals surface area contributed by atoms with E-state index in [0.29, 0.717) is 58.4 Å². The van der Waals surface area contributed by atoms with Gasteiger partial charge in [0.2, 0.25) is 0 Å². The summed E-state index contributed by atoms with van der Waals surface area (Å²) in [5, 5.41) is 3.40. The van der Waals surface area contributed by atoms with Crippen LogP contribution in [0.5, 0.6) is 23.0 Å². The second kappa shape index (κ2) is 12.3. The zero-order chi connectivity index (χ0) is 28.1. The first-order valence-corrected chi connectivity index (χ1v) is 13.2. The number of allylic oxidation sites excluding steroid dienone is 3. The van der Waals surface area contributed by atoms with Gasteiger partial charge in [-0.25, -0.2) is 4.79 Å². The predicted octanol–water partition coefficient (Wildman–Crippen LogP) is 5.43. The van der Waals surface area contributed by atoms with E-state index in [0.717, 1.165) is 24.1 Å². The van der Waals surface area contributed by atoms with Crippen molar-refractivity contribution < 1.29 is 33.3 Å². The first-order valence-electron chi connectivity index (χ1n) is 13.2. The molecule has 0 saturated heterocycles. The summed E-state index contributed by atoms with van der Waals surface area (Å²) in [7, 11) is 6.35. The molecule has 0 fully saturated rings. The fourth-order valence-electron chi connectivity index (χ4n) is 5.42. The van der Waals surface area contributed by atoms with Crippen molar-refractivity contribution in [3.63, 3.8) is 0 Å². The minimum absolute atomic E-state index is 0.0373. The zero-order valence-electron chi connectivity index (χ0n) is 23.5. The normalized spacial score (nSPS) is 18.8. The van der Waals surface area contributed by atoms with Crippen LogP contribution in [0.25, 0.3) is 0 Å². The molecular formula is C31H37NO7. The lowest BCUT2D eigenvalue weighted by atomic mass is 9.71. The minimum Gasteiger partial charge on any atom is -0.497 e. The van der Waals surface area contributed by atoms with Gasteiger partial charge in [0.1, 0.15) is 11.5 Å². The van der Waals surface area contributed by atoms with Crippen molar-refractivity contribution in [2.75, 3.05) is 35.0 Å². The minimum atomic E-state index is -0.653. The molecule has 0 amide bonds. The molecule has 4 rings (SSSR count). The predicted molar refractivity (Wildman–Crippen MR) is 148 cm³/mol. The Hall–Kier alpha value is -3.94. The van der Waals surface area contributed by atoms with Crippen molar-refractivity contribution in [2.45, 2.75) is 51.4 Å². The molecule has 0 aromatic heterocycles. The van der Waals surface area contributed by atoms with Crippen molar-refractivity contribution in [1.29, 1.82) is 0 Å². The van der Waals surface area contributed by atoms with E-state index in [4.69, 9.17) is 23.7 Å². The van der Waals surface area contributed by atoms with Gasteiger partial charge < -0.3 is 29.0 Å². The Labute approximate surface area is 229 Å². The van der Waals surface area contributed by atoms with Gasteiger partial charge in [-0.3, -0.25) is 4.79 Å². The smallest absolute Gasteiger partial charge is 0.336 e. The van der Waals surface area contributed by atoms with Crippen LogP contribution in [0.15, 0.2) is 58.9 Å². The highest BCUT2D eigenvalue weighted by Crippen LogP contribution is 2.49. The lowest BCUT2D eigenvalue weighted by Crippen LogP contribution is -2.36. The number of hydrogen-bond acceptors (Lipinski definition) is 8. The molecule has 0 saturated carbocycles. The third-order valence-corrected chi connectivity index (χ3v) is 7.41. The van der Waals surface area contributed by atoms with Crippen molar-refractivity contribution in [1.82, 2.24) is 5.32 Å². The van der Waals surface area contributed by atoms with Crippen molar-refractivity contribution in [3.8, 4) is 23.0 Å². The monoisotopic (exact) mass is 535 g/mol. The van der Waals surface area contributed by atoms with Gasteiger partial charge in [-0.2, -0.15) is 0 Å². The van der Waals surface area contributed by atoms with Gasteiger partial charge in [-0.15, -0.1) is 0 Å². The highest BCUT2D eigenvalue weighted by atomic mass is 16.5. The Morgan fingerprint density at radius 1 is 0.923 bits per heavy atom. The van der Waals surface area contributed by atoms with Crippen LogP contribution in [0.3, 0.4) is 0 Å². The summed E-state index contributed by atoms with van der Waals surface area (Å²) in [5.74, 6) is 1.22. The van der Waals surface area contributed by atoms with Gasteiger partial charge in [0.25, 0.3) is 0 Å². The summed E-state index contributed by atoms with van der Waals surface area (Å²) in [6.45, 7) is 4.21. The third-order valence-electron chi connectivity index (χ3n) is 7.41. The maximum Gasteiger partial charge on any atom is 0.336 e. The maximum absolute atomic E-state index is 14.0. The average Bonchev–Trinajstić information content (AvgIpc) is 2.95. The summed E-state index contributed by atoms with van der Waals surface area (Å²) >= 11 is 0. The average molecular weight is 536 g/mol. The van der Waals surface area contributed by atoms with Gasteiger partial charge >= 0.3 is 5.97 Å². The number of methoxy groups -OCH3 is 4. The molecule has 8 nitrogen and oxygen atoms in total. The number of unbranched alkanes of at least 4 members (excludes halogenated alkanes) is 1. The van der Waals surface area contributed by atoms with Crippen molar-refractivity contribution >= 4 is 11.8 Å². The van der Waals surface area contributed by atoms with Crippen LogP contribution in [-0.2, 0) is 14.3 Å². The number of ketones is 1. The molecule has 1 heterocycles. The number of benzene rings is 2. The van der Waals surface area contributed by atoms with Gasteiger partial charge in [-0.1, -0.05) is 19.4 Å². The van der Waals surface area contributed by atoms with Crippen LogP contribution in [0.2, 0.25) is 0 Å². The van der Waals surface area contributed by atoms with Crippen molar-refractivity contribution in [2.24, 2.45) is 0 Å². The van der Waals surface area contributed by atoms with Crippen molar-refractivity contribution in [3.05, 3.63) is 70.1 Å². The number of rotatable bonds is 10. The molecule has 1 aliphatic heterocycles. The van der Waals surface area contributed by atoms with Crippen LogP contribution in [0, 0.1) is 0 Å². The lowest BCUT2D eigenvalue weighted by molar-refractivity contribution is -0.139. The Morgan fingerprint density at radius 2 is 1.64 bits per heavy atom. The number of Topliss-reactive ketones (excluding diaryl/α,β-unsaturated/α-hetero) is 1. The Balaban J connectivity index is 1.81. The molecule has 2 aromatic carbocycles. The molecule has 2 aliphatic rings. The number of ether oxygens (including phenoxy) is 5. The molecule has 8 heteroatoms. The van der Waals surface area contributed by atoms with Gasteiger partial charge in [0.05, 0.1) is 46.5 Å². The first-order chi connectivity index (χ1) is 18.9. The van der Waals surface area contributed by atoms with E-state index in [2.05, 4.69) is 5.32 Å². The standard InChI is InChI=1S/C31H37NO7/c1-7-8-13-39-31(34)28-18(2)32-23-14-20(19-9-11-26(37-5)27(16-19)38-6)15-24(33)30(23)29(28)22-17-21(35-3)10-12-25(22)36-4/h9-12,16-17,20,29,32H,7-8,13-15H2,1-6H3/t20-,29-/m1/s1. The lowest BCUT2D eigenvalue weighted by Gasteiger charge is -2.37. The molecule has 0 radical (unpaired) electrons. The van der Waals surface area contributed by atoms with E-state index < -0.39 is 11.9 Å². The number of carbonyl (C=O) groups is 2. The largest absolute Gasteiger partial charge is 0.497 e. The Kier molecular flexibility index (Phi) is 8.84. The molecule has 1 aliphatic carbocycles. The maximum atomic E-state index is 14.0. The molecule has 0 spiro atoms. The van der Waals surface area contributed by atoms with Crippen LogP contribution in [0.1, 0.15) is 62.5 Å². The Morgan fingerprint density at radius 3 is 2.31 bits per heavy atom. The zero-order valence-corrected chi connectivity index (χ0v) is 23.5. The van der Waals surface area contributed by atoms with E-state index in [1.807, 2.05) is 38.1 Å². The summed E-state index contributed by atoms with van der Waals surface area (Å²) in [4.78, 5) is 27.4. The number of nitrogens with one attached hydrogen (secondary N) is 1. The molecule has 0 unspecified atom stereocenters. The topological polar surface area (TPSA) is 92.3 Å². The molecule has 1 N–H and O–H groups in total. The van der Waals surface area contributed by atoms with Crippen LogP contribution < -0.4 is 24.3 Å². The van der Waals surface area contributed by atoms with E-state index >= 15 is 0 Å². The van der Waals surface area contributed by atoms with Gasteiger partial charge in [-0.05, 0) is 61.6 Å². The molecule has 208 valence electrons. The highest BCUT2D eigenvalue weighted by Gasteiger charge is 2.42. The second-order valence-electron chi connectivity index (χ2n) is 9.73. The number of dihydropyridines is 1. The van der Waals surface area contributed by atoms with E-state index in [1.54, 1.807) is 40.6 Å². The van der Waals surface area contributed by atoms with Gasteiger partial charge in [0.15, 0.2) is 17.3 Å². The van der Waals surface area contributed by atoms with Crippen LogP contribution >= 0.6 is 0 Å². The molecule has 2 atom stereocenters. The second-order valence-corrected chi connectivity index (χ2v) is 9.73. The quantitative estimate of drug-likeness (QED) is 0.318. The van der Waals surface area contributed by atoms with Crippen LogP contribution in [-0.4, -0.2) is 46.8 Å². The van der Waals surface area contributed by atoms with E-state index in [9.17, 15) is 9.59 Å². The third kappa shape index (κ3) is 5.60.